The summed E-state index contributed by atoms with van der Waals surface area (Å²) in [6.07, 6.45) is 0. The van der Waals surface area contributed by atoms with Crippen LogP contribution in [0.25, 0.3) is 106 Å². The number of furan rings is 1. The zero-order valence-electron chi connectivity index (χ0n) is 35.7. The summed E-state index contributed by atoms with van der Waals surface area (Å²) in [6, 6.07) is 74.0. The topological polar surface area (TPSA) is 16.4 Å². The third-order valence-electron chi connectivity index (χ3n) is 14.1. The Bertz CT molecular complexity index is 4110. The number of nitrogens with zero attached hydrogens (tertiary/aromatic N) is 1. The molecule has 65 heavy (non-hydrogen) atoms. The second-order valence-electron chi connectivity index (χ2n) is 18.0. The Morgan fingerprint density at radius 2 is 0.969 bits per heavy atom. The van der Waals surface area contributed by atoms with Crippen LogP contribution in [0.1, 0.15) is 25.0 Å². The minimum Gasteiger partial charge on any atom is -0.455 e. The standard InChI is InChI=1S/C61H39NOS2/c1-61(2)52-22-8-5-15-43(52)44-31-29-40(35-53(44)61)62(38-27-25-36(26-28-38)42-18-11-19-47-45-16-6-9-23-55(45)64-59(42)47)39-30-32-54-50(34-39)51-33-37-13-3-4-14-41(37)57(58(51)63-54)49-21-12-20-48-46-17-7-10-24-56(46)65-60(48)49/h3-35H,1-2H3. The number of anilines is 3. The van der Waals surface area contributed by atoms with Crippen LogP contribution in [-0.2, 0) is 5.41 Å². The maximum atomic E-state index is 7.05. The Hall–Kier alpha value is -7.50. The molecule has 0 saturated carbocycles. The molecule has 14 rings (SSSR count). The third-order valence-corrected chi connectivity index (χ3v) is 16.5. The van der Waals surface area contributed by atoms with Crippen LogP contribution < -0.4 is 4.90 Å². The van der Waals surface area contributed by atoms with Gasteiger partial charge in [0.25, 0.3) is 0 Å². The predicted molar refractivity (Wildman–Crippen MR) is 280 cm³/mol. The van der Waals surface area contributed by atoms with Crippen molar-refractivity contribution >= 4 is 113 Å². The van der Waals surface area contributed by atoms with Gasteiger partial charge < -0.3 is 9.32 Å². The highest BCUT2D eigenvalue weighted by atomic mass is 32.1. The van der Waals surface area contributed by atoms with Crippen LogP contribution in [0.4, 0.5) is 17.1 Å². The number of benzene rings is 10. The molecule has 0 aliphatic heterocycles. The van der Waals surface area contributed by atoms with E-state index in [0.717, 1.165) is 44.6 Å². The van der Waals surface area contributed by atoms with E-state index in [1.165, 1.54) is 90.1 Å². The van der Waals surface area contributed by atoms with E-state index in [9.17, 15) is 0 Å². The molecule has 0 spiro atoms. The number of rotatable bonds is 5. The zero-order chi connectivity index (χ0) is 43.0. The molecule has 3 heterocycles. The minimum atomic E-state index is -0.139. The summed E-state index contributed by atoms with van der Waals surface area (Å²) in [5.41, 5.74) is 15.1. The molecule has 10 aromatic carbocycles. The van der Waals surface area contributed by atoms with Gasteiger partial charge in [-0.25, -0.2) is 0 Å². The van der Waals surface area contributed by atoms with Crippen molar-refractivity contribution in [3.05, 3.63) is 211 Å². The van der Waals surface area contributed by atoms with Crippen LogP contribution in [0.5, 0.6) is 0 Å². The van der Waals surface area contributed by atoms with Gasteiger partial charge >= 0.3 is 0 Å². The van der Waals surface area contributed by atoms with E-state index in [2.05, 4.69) is 219 Å². The average Bonchev–Trinajstić information content (AvgIpc) is 4.09. The van der Waals surface area contributed by atoms with E-state index in [-0.39, 0.29) is 5.41 Å². The van der Waals surface area contributed by atoms with Crippen LogP contribution in [0.3, 0.4) is 0 Å². The van der Waals surface area contributed by atoms with Gasteiger partial charge in [-0.2, -0.15) is 0 Å². The lowest BCUT2D eigenvalue weighted by molar-refractivity contribution is 0.660. The van der Waals surface area contributed by atoms with Crippen LogP contribution in [-0.4, -0.2) is 0 Å². The lowest BCUT2D eigenvalue weighted by atomic mass is 9.82. The average molecular weight is 866 g/mol. The van der Waals surface area contributed by atoms with Crippen molar-refractivity contribution in [2.24, 2.45) is 0 Å². The molecule has 1 aliphatic rings. The van der Waals surface area contributed by atoms with Gasteiger partial charge in [0.15, 0.2) is 0 Å². The zero-order valence-corrected chi connectivity index (χ0v) is 37.4. The van der Waals surface area contributed by atoms with Crippen molar-refractivity contribution in [2.75, 3.05) is 4.90 Å². The molecule has 3 aromatic heterocycles. The molecule has 0 unspecified atom stereocenters. The molecule has 0 fully saturated rings. The van der Waals surface area contributed by atoms with Crippen molar-refractivity contribution in [1.29, 1.82) is 0 Å². The molecule has 0 radical (unpaired) electrons. The summed E-state index contributed by atoms with van der Waals surface area (Å²) < 4.78 is 12.3. The van der Waals surface area contributed by atoms with Crippen molar-refractivity contribution in [2.45, 2.75) is 19.3 Å². The van der Waals surface area contributed by atoms with Crippen LogP contribution in [0, 0.1) is 0 Å². The number of hydrogen-bond acceptors (Lipinski definition) is 4. The summed E-state index contributed by atoms with van der Waals surface area (Å²) in [7, 11) is 0. The first kappa shape index (κ1) is 36.9. The van der Waals surface area contributed by atoms with E-state index in [1.54, 1.807) is 0 Å². The Morgan fingerprint density at radius 3 is 1.74 bits per heavy atom. The molecule has 0 amide bonds. The largest absolute Gasteiger partial charge is 0.455 e. The van der Waals surface area contributed by atoms with E-state index in [4.69, 9.17) is 4.42 Å². The second-order valence-corrected chi connectivity index (χ2v) is 20.1. The number of fused-ring (bicyclic) bond motifs is 13. The van der Waals surface area contributed by atoms with Gasteiger partial charge in [-0.15, -0.1) is 22.7 Å². The van der Waals surface area contributed by atoms with Gasteiger partial charge in [-0.1, -0.05) is 153 Å². The second kappa shape index (κ2) is 13.8. The fourth-order valence-corrected chi connectivity index (χ4v) is 13.4. The Morgan fingerprint density at radius 1 is 0.400 bits per heavy atom. The molecule has 306 valence electrons. The molecular weight excluding hydrogens is 827 g/mol. The molecule has 1 aliphatic carbocycles. The first-order chi connectivity index (χ1) is 32.0. The summed E-state index contributed by atoms with van der Waals surface area (Å²) in [5, 5.41) is 9.81. The number of hydrogen-bond donors (Lipinski definition) is 0. The minimum absolute atomic E-state index is 0.139. The lowest BCUT2D eigenvalue weighted by Crippen LogP contribution is -2.16. The highest BCUT2D eigenvalue weighted by Gasteiger charge is 2.36. The predicted octanol–water partition coefficient (Wildman–Crippen LogP) is 18.6. The van der Waals surface area contributed by atoms with Crippen LogP contribution >= 0.6 is 22.7 Å². The summed E-state index contributed by atoms with van der Waals surface area (Å²) >= 11 is 3.74. The highest BCUT2D eigenvalue weighted by molar-refractivity contribution is 7.26. The highest BCUT2D eigenvalue weighted by Crippen LogP contribution is 2.52. The fraction of sp³-hybridized carbons (Fsp3) is 0.0492. The summed E-state index contributed by atoms with van der Waals surface area (Å²) in [4.78, 5) is 2.43. The van der Waals surface area contributed by atoms with E-state index >= 15 is 0 Å². The quantitative estimate of drug-likeness (QED) is 0.171. The van der Waals surface area contributed by atoms with Crippen molar-refractivity contribution in [3.8, 4) is 33.4 Å². The van der Waals surface area contributed by atoms with Crippen molar-refractivity contribution in [3.63, 3.8) is 0 Å². The summed E-state index contributed by atoms with van der Waals surface area (Å²) in [5.74, 6) is 0. The first-order valence-electron chi connectivity index (χ1n) is 22.3. The SMILES string of the molecule is CC1(C)c2ccccc2-c2ccc(N(c3ccc(-c4cccc5c4sc4ccccc45)cc3)c3ccc4oc5c(-c6cccc7c6sc6ccccc67)c6ccccc6cc5c4c3)cc21. The smallest absolute Gasteiger partial charge is 0.143 e. The Kier molecular flexibility index (Phi) is 7.81. The van der Waals surface area contributed by atoms with Gasteiger partial charge in [-0.05, 0) is 105 Å². The normalized spacial score (nSPS) is 13.2. The fourth-order valence-electron chi connectivity index (χ4n) is 11.0. The molecule has 4 heteroatoms. The maximum absolute atomic E-state index is 7.05. The summed E-state index contributed by atoms with van der Waals surface area (Å²) in [6.45, 7) is 4.72. The van der Waals surface area contributed by atoms with E-state index in [1.807, 2.05) is 22.7 Å². The van der Waals surface area contributed by atoms with Gasteiger partial charge in [0.1, 0.15) is 11.2 Å². The van der Waals surface area contributed by atoms with E-state index in [0.29, 0.717) is 0 Å². The monoisotopic (exact) mass is 865 g/mol. The molecule has 0 N–H and O–H groups in total. The van der Waals surface area contributed by atoms with E-state index < -0.39 is 0 Å². The van der Waals surface area contributed by atoms with Gasteiger partial charge in [0.2, 0.25) is 0 Å². The van der Waals surface area contributed by atoms with Crippen LogP contribution in [0.15, 0.2) is 205 Å². The molecule has 2 nitrogen and oxygen atoms in total. The third kappa shape index (κ3) is 5.39. The molecular formula is C61H39NOS2. The van der Waals surface area contributed by atoms with Gasteiger partial charge in [-0.3, -0.25) is 0 Å². The Balaban J connectivity index is 0.972. The van der Waals surface area contributed by atoms with Crippen molar-refractivity contribution < 1.29 is 4.42 Å². The number of thiophene rings is 2. The maximum Gasteiger partial charge on any atom is 0.143 e. The van der Waals surface area contributed by atoms with Gasteiger partial charge in [0, 0.05) is 84.7 Å². The molecule has 0 atom stereocenters. The molecule has 0 saturated heterocycles. The van der Waals surface area contributed by atoms with Crippen molar-refractivity contribution in [1.82, 2.24) is 0 Å². The molecule has 0 bridgehead atoms. The van der Waals surface area contributed by atoms with Crippen LogP contribution in [0.2, 0.25) is 0 Å². The molecule has 13 aromatic rings. The first-order valence-corrected chi connectivity index (χ1v) is 24.0. The lowest BCUT2D eigenvalue weighted by Gasteiger charge is -2.28. The van der Waals surface area contributed by atoms with Gasteiger partial charge in [0.05, 0.1) is 0 Å². The Labute approximate surface area is 383 Å².